The second kappa shape index (κ2) is 36.9. The van der Waals surface area contributed by atoms with Crippen molar-refractivity contribution in [2.24, 2.45) is 11.8 Å². The van der Waals surface area contributed by atoms with Gasteiger partial charge in [-0.1, -0.05) is 200 Å². The highest BCUT2D eigenvalue weighted by molar-refractivity contribution is 5.95. The fraction of sp³-hybridized carbons (Fsp3) is 0.529. The van der Waals surface area contributed by atoms with Crippen LogP contribution in [0.4, 0.5) is 9.59 Å². The fourth-order valence-electron chi connectivity index (χ4n) is 9.58. The van der Waals surface area contributed by atoms with Gasteiger partial charge in [0, 0.05) is 38.8 Å². The number of carbonyl (C=O) groups is 8. The average Bonchev–Trinajstić information content (AvgIpc) is 2.86. The lowest BCUT2D eigenvalue weighted by Gasteiger charge is -2.28. The highest BCUT2D eigenvalue weighted by atomic mass is 16.6. The van der Waals surface area contributed by atoms with Crippen molar-refractivity contribution >= 4 is 47.6 Å². The molecule has 0 saturated carbocycles. The first-order valence-electron chi connectivity index (χ1n) is 30.8. The molecule has 470 valence electrons. The van der Waals surface area contributed by atoms with Crippen LogP contribution < -0.4 is 42.5 Å². The summed E-state index contributed by atoms with van der Waals surface area (Å²) in [7, 11) is 0. The molecular weight excluding hydrogens is 1090 g/mol. The van der Waals surface area contributed by atoms with Crippen molar-refractivity contribution in [3.63, 3.8) is 0 Å². The molecule has 4 aromatic carbocycles. The van der Waals surface area contributed by atoms with Crippen LogP contribution in [0.3, 0.4) is 0 Å². The number of benzene rings is 4. The molecule has 0 aliphatic rings. The van der Waals surface area contributed by atoms with E-state index in [2.05, 4.69) is 42.5 Å². The summed E-state index contributed by atoms with van der Waals surface area (Å²) in [6, 6.07) is 31.5. The summed E-state index contributed by atoms with van der Waals surface area (Å²) in [6.45, 7) is 18.4. The van der Waals surface area contributed by atoms with Crippen LogP contribution in [0.15, 0.2) is 121 Å². The maximum absolute atomic E-state index is 14.2. The van der Waals surface area contributed by atoms with E-state index in [1.807, 2.05) is 121 Å². The van der Waals surface area contributed by atoms with Gasteiger partial charge in [-0.05, 0) is 88.5 Å². The Labute approximate surface area is 511 Å². The lowest BCUT2D eigenvalue weighted by atomic mass is 10.00. The van der Waals surface area contributed by atoms with E-state index in [1.165, 1.54) is 0 Å². The predicted molar refractivity (Wildman–Crippen MR) is 336 cm³/mol. The third-order valence-electron chi connectivity index (χ3n) is 14.1. The zero-order valence-corrected chi connectivity index (χ0v) is 52.6. The van der Waals surface area contributed by atoms with E-state index in [9.17, 15) is 38.4 Å². The Kier molecular flexibility index (Phi) is 30.4. The lowest BCUT2D eigenvalue weighted by molar-refractivity contribution is -0.133. The van der Waals surface area contributed by atoms with E-state index in [0.717, 1.165) is 86.5 Å². The summed E-state index contributed by atoms with van der Waals surface area (Å²) in [5.74, 6) is -3.46. The molecule has 18 nitrogen and oxygen atoms in total. The van der Waals surface area contributed by atoms with E-state index in [0.29, 0.717) is 13.1 Å². The van der Waals surface area contributed by atoms with Crippen molar-refractivity contribution < 1.29 is 47.8 Å². The van der Waals surface area contributed by atoms with E-state index in [4.69, 9.17) is 9.47 Å². The van der Waals surface area contributed by atoms with Crippen LogP contribution in [-0.2, 0) is 63.9 Å². The van der Waals surface area contributed by atoms with Crippen LogP contribution in [-0.4, -0.2) is 108 Å². The summed E-state index contributed by atoms with van der Waals surface area (Å²) in [5.41, 5.74) is 1.77. The number of rotatable bonds is 35. The van der Waals surface area contributed by atoms with E-state index >= 15 is 0 Å². The molecule has 18 heteroatoms. The predicted octanol–water partition coefficient (Wildman–Crippen LogP) is 9.13. The van der Waals surface area contributed by atoms with Crippen molar-refractivity contribution in [2.75, 3.05) is 13.1 Å². The molecular formula is C68H98N8O10. The summed E-state index contributed by atoms with van der Waals surface area (Å²) in [4.78, 5) is 109. The van der Waals surface area contributed by atoms with Gasteiger partial charge in [0.05, 0.1) is 0 Å². The highest BCUT2D eigenvalue weighted by Gasteiger charge is 2.34. The van der Waals surface area contributed by atoms with Gasteiger partial charge in [0.2, 0.25) is 35.4 Å². The minimum absolute atomic E-state index is 0.152. The molecule has 86 heavy (non-hydrogen) atoms. The van der Waals surface area contributed by atoms with Crippen molar-refractivity contribution in [3.05, 3.63) is 144 Å². The number of hydrogen-bond donors (Lipinski definition) is 8. The number of ether oxygens (including phenoxy) is 2. The van der Waals surface area contributed by atoms with Gasteiger partial charge in [0.25, 0.3) is 0 Å². The van der Waals surface area contributed by atoms with Crippen LogP contribution in [0.5, 0.6) is 0 Å². The van der Waals surface area contributed by atoms with Gasteiger partial charge in [0.1, 0.15) is 47.5 Å². The molecule has 0 saturated heterocycles. The monoisotopic (exact) mass is 1190 g/mol. The lowest BCUT2D eigenvalue weighted by Crippen LogP contribution is -2.58. The SMILES string of the molecule is CC(C)[C@H](NC(=O)OC(C)(C)C)C(=O)N[C@@H](Cc1ccccc1)C(=O)N[C@@H](Cc1ccccc1)C(=O)NCCCCCCCCCCCCNC(=O)[C@H](Cc1ccccc1)NC(=O)[C@H](Cc1ccccc1)NC(=O)[C@@H](NC(=O)OC(C)(C)C)C(C)C. The molecule has 0 bridgehead atoms. The molecule has 4 rings (SSSR count). The van der Waals surface area contributed by atoms with E-state index in [1.54, 1.807) is 69.2 Å². The first-order valence-corrected chi connectivity index (χ1v) is 30.8. The normalized spacial score (nSPS) is 13.6. The number of alkyl carbamates (subject to hydrolysis) is 2. The molecule has 0 aliphatic carbocycles. The Morgan fingerprint density at radius 2 is 0.558 bits per heavy atom. The Morgan fingerprint density at radius 3 is 0.802 bits per heavy atom. The first-order chi connectivity index (χ1) is 40.9. The Morgan fingerprint density at radius 1 is 0.326 bits per heavy atom. The number of hydrogen-bond acceptors (Lipinski definition) is 10. The maximum atomic E-state index is 14.2. The van der Waals surface area contributed by atoms with Gasteiger partial charge >= 0.3 is 12.2 Å². The smallest absolute Gasteiger partial charge is 0.408 e. The van der Waals surface area contributed by atoms with Crippen LogP contribution in [0.2, 0.25) is 0 Å². The molecule has 0 radical (unpaired) electrons. The summed E-state index contributed by atoms with van der Waals surface area (Å²) >= 11 is 0. The van der Waals surface area contributed by atoms with Gasteiger partial charge < -0.3 is 52.0 Å². The average molecular weight is 1190 g/mol. The second-order valence-electron chi connectivity index (χ2n) is 24.9. The zero-order chi connectivity index (χ0) is 63.1. The topological polar surface area (TPSA) is 251 Å². The molecule has 8 N–H and O–H groups in total. The third kappa shape index (κ3) is 28.4. The van der Waals surface area contributed by atoms with Gasteiger partial charge in [-0.3, -0.25) is 28.8 Å². The molecule has 0 aromatic heterocycles. The van der Waals surface area contributed by atoms with Crippen molar-refractivity contribution in [2.45, 2.75) is 207 Å². The molecule has 4 aromatic rings. The number of carbonyl (C=O) groups excluding carboxylic acids is 8. The molecule has 0 heterocycles. The standard InChI is InChI=1S/C68H98N8O10/c1-47(2)57(75-65(83)85-67(5,6)7)63(81)73-55(45-51-37-27-21-28-38-51)61(79)71-53(43-49-33-23-19-24-34-49)59(77)69-41-31-17-15-13-11-12-14-16-18-32-42-70-60(78)54(44-50-35-25-20-26-36-50)72-62(80)56(46-52-39-29-22-30-40-52)74-64(82)58(48(3)4)76-66(84)86-68(8,9)10/h19-30,33-40,47-48,53-58H,11-18,31-32,41-46H2,1-10H3,(H,69,77)(H,70,78)(H,71,79)(H,72,80)(H,73,81)(H,74,82)(H,75,83)(H,76,84)/t53-,54-,55-,56-,57-,58-/m0/s1. The van der Waals surface area contributed by atoms with Gasteiger partial charge in [-0.25, -0.2) is 9.59 Å². The quantitative estimate of drug-likeness (QED) is 0.0203. The highest BCUT2D eigenvalue weighted by Crippen LogP contribution is 2.16. The Hall–Kier alpha value is -7.76. The van der Waals surface area contributed by atoms with Gasteiger partial charge in [-0.15, -0.1) is 0 Å². The molecule has 0 unspecified atom stereocenters. The number of unbranched alkanes of at least 4 members (excludes halogenated alkanes) is 9. The van der Waals surface area contributed by atoms with Crippen LogP contribution in [0.25, 0.3) is 0 Å². The second-order valence-corrected chi connectivity index (χ2v) is 24.9. The molecule has 6 atom stereocenters. The van der Waals surface area contributed by atoms with Crippen molar-refractivity contribution in [1.29, 1.82) is 0 Å². The van der Waals surface area contributed by atoms with Crippen molar-refractivity contribution in [1.82, 2.24) is 42.5 Å². The van der Waals surface area contributed by atoms with Crippen LogP contribution in [0, 0.1) is 11.8 Å². The first kappa shape index (κ1) is 70.7. The van der Waals surface area contributed by atoms with Crippen LogP contribution in [0.1, 0.15) is 156 Å². The zero-order valence-electron chi connectivity index (χ0n) is 52.6. The Balaban J connectivity index is 1.22. The van der Waals surface area contributed by atoms with Crippen molar-refractivity contribution in [3.8, 4) is 0 Å². The molecule has 0 spiro atoms. The summed E-state index contributed by atoms with van der Waals surface area (Å²) < 4.78 is 10.8. The number of nitrogens with one attached hydrogen (secondary N) is 8. The molecule has 0 fully saturated rings. The fourth-order valence-corrected chi connectivity index (χ4v) is 9.58. The Bertz CT molecular complexity index is 2510. The summed E-state index contributed by atoms with van der Waals surface area (Å²) in [6.07, 6.45) is 8.97. The number of amides is 8. The summed E-state index contributed by atoms with van der Waals surface area (Å²) in [5, 5.41) is 23.0. The van der Waals surface area contributed by atoms with E-state index < -0.39 is 83.3 Å². The minimum atomic E-state index is -1.06. The minimum Gasteiger partial charge on any atom is -0.444 e. The third-order valence-corrected chi connectivity index (χ3v) is 14.1. The molecule has 0 aliphatic heterocycles. The van der Waals surface area contributed by atoms with E-state index in [-0.39, 0.29) is 49.3 Å². The maximum Gasteiger partial charge on any atom is 0.408 e. The largest absolute Gasteiger partial charge is 0.444 e. The van der Waals surface area contributed by atoms with Gasteiger partial charge in [0.15, 0.2) is 0 Å². The van der Waals surface area contributed by atoms with Crippen LogP contribution >= 0.6 is 0 Å². The van der Waals surface area contributed by atoms with Gasteiger partial charge in [-0.2, -0.15) is 0 Å². The molecule has 8 amide bonds.